The Morgan fingerprint density at radius 2 is 2.25 bits per heavy atom. The highest BCUT2D eigenvalue weighted by Crippen LogP contribution is 2.23. The van der Waals surface area contributed by atoms with Crippen LogP contribution in [0.1, 0.15) is 38.1 Å². The predicted molar refractivity (Wildman–Crippen MR) is 76.8 cm³/mol. The summed E-state index contributed by atoms with van der Waals surface area (Å²) in [5.74, 6) is 1.70. The van der Waals surface area contributed by atoms with Crippen LogP contribution in [0.2, 0.25) is 5.02 Å². The standard InChI is InChI=1S/C14H18ClN3O2/c1-3-11(16)8-13-17-14(20-18-13)9(2)19-12-6-4-5-10(15)7-12/h4-7,9,11H,3,8,16H2,1-2H3. The molecule has 0 aliphatic carbocycles. The van der Waals surface area contributed by atoms with Crippen molar-refractivity contribution in [3.05, 3.63) is 41.0 Å². The lowest BCUT2D eigenvalue weighted by atomic mass is 10.2. The second-order valence-corrected chi connectivity index (χ2v) is 5.08. The number of nitrogens with zero attached hydrogens (tertiary/aromatic N) is 2. The second kappa shape index (κ2) is 6.72. The Morgan fingerprint density at radius 3 is 2.95 bits per heavy atom. The van der Waals surface area contributed by atoms with Gasteiger partial charge in [0.2, 0.25) is 0 Å². The van der Waals surface area contributed by atoms with E-state index >= 15 is 0 Å². The number of nitrogens with two attached hydrogens (primary N) is 1. The van der Waals surface area contributed by atoms with Gasteiger partial charge in [-0.05, 0) is 31.5 Å². The van der Waals surface area contributed by atoms with Crippen molar-refractivity contribution in [3.8, 4) is 5.75 Å². The van der Waals surface area contributed by atoms with Crippen molar-refractivity contribution in [2.45, 2.75) is 38.8 Å². The van der Waals surface area contributed by atoms with Crippen LogP contribution in [0.5, 0.6) is 5.75 Å². The van der Waals surface area contributed by atoms with Crippen LogP contribution >= 0.6 is 11.6 Å². The minimum Gasteiger partial charge on any atom is -0.481 e. The number of hydrogen-bond donors (Lipinski definition) is 1. The molecule has 2 atom stereocenters. The van der Waals surface area contributed by atoms with Crippen molar-refractivity contribution >= 4 is 11.6 Å². The number of aromatic nitrogens is 2. The van der Waals surface area contributed by atoms with E-state index in [1.165, 1.54) is 0 Å². The van der Waals surface area contributed by atoms with Crippen LogP contribution < -0.4 is 10.5 Å². The summed E-state index contributed by atoms with van der Waals surface area (Å²) in [5, 5.41) is 4.53. The summed E-state index contributed by atoms with van der Waals surface area (Å²) in [6.45, 7) is 3.87. The highest BCUT2D eigenvalue weighted by molar-refractivity contribution is 6.30. The van der Waals surface area contributed by atoms with Crippen molar-refractivity contribution in [3.63, 3.8) is 0 Å². The van der Waals surface area contributed by atoms with Crippen LogP contribution in [0.15, 0.2) is 28.8 Å². The highest BCUT2D eigenvalue weighted by Gasteiger charge is 2.17. The molecule has 0 amide bonds. The van der Waals surface area contributed by atoms with E-state index in [4.69, 9.17) is 26.6 Å². The predicted octanol–water partition coefficient (Wildman–Crippen LogP) is 3.14. The zero-order chi connectivity index (χ0) is 14.5. The van der Waals surface area contributed by atoms with E-state index in [-0.39, 0.29) is 12.1 Å². The molecule has 0 saturated carbocycles. The molecule has 0 bridgehead atoms. The second-order valence-electron chi connectivity index (χ2n) is 4.64. The summed E-state index contributed by atoms with van der Waals surface area (Å²) in [7, 11) is 0. The van der Waals surface area contributed by atoms with Crippen molar-refractivity contribution in [2.75, 3.05) is 0 Å². The van der Waals surface area contributed by atoms with Crippen molar-refractivity contribution in [1.29, 1.82) is 0 Å². The molecule has 0 aliphatic heterocycles. The molecule has 2 rings (SSSR count). The fourth-order valence-electron chi connectivity index (χ4n) is 1.69. The zero-order valence-electron chi connectivity index (χ0n) is 11.5. The minimum absolute atomic E-state index is 0.0459. The van der Waals surface area contributed by atoms with Crippen molar-refractivity contribution in [1.82, 2.24) is 10.1 Å². The molecule has 0 spiro atoms. The summed E-state index contributed by atoms with van der Waals surface area (Å²) in [5.41, 5.74) is 5.86. The molecule has 0 aliphatic rings. The maximum Gasteiger partial charge on any atom is 0.267 e. The molecule has 2 N–H and O–H groups in total. The van der Waals surface area contributed by atoms with Gasteiger partial charge in [0.15, 0.2) is 11.9 Å². The third-order valence-electron chi connectivity index (χ3n) is 2.91. The van der Waals surface area contributed by atoms with Crippen LogP contribution in [-0.2, 0) is 6.42 Å². The molecule has 0 fully saturated rings. The first kappa shape index (κ1) is 14.8. The van der Waals surface area contributed by atoms with Gasteiger partial charge < -0.3 is 15.0 Å². The number of ether oxygens (including phenoxy) is 1. The molecule has 2 unspecified atom stereocenters. The van der Waals surface area contributed by atoms with Gasteiger partial charge in [-0.25, -0.2) is 0 Å². The average molecular weight is 296 g/mol. The molecule has 0 saturated heterocycles. The zero-order valence-corrected chi connectivity index (χ0v) is 12.3. The molecule has 6 heteroatoms. The Kier molecular flexibility index (Phi) is 4.98. The Labute approximate surface area is 123 Å². The van der Waals surface area contributed by atoms with Gasteiger partial charge in [-0.15, -0.1) is 0 Å². The third kappa shape index (κ3) is 3.95. The molecule has 1 heterocycles. The Balaban J connectivity index is 2.00. The SMILES string of the molecule is CCC(N)Cc1noc(C(C)Oc2cccc(Cl)c2)n1. The monoisotopic (exact) mass is 295 g/mol. The summed E-state index contributed by atoms with van der Waals surface area (Å²) in [6, 6.07) is 7.22. The van der Waals surface area contributed by atoms with E-state index in [1.54, 1.807) is 12.1 Å². The van der Waals surface area contributed by atoms with Gasteiger partial charge in [0, 0.05) is 17.5 Å². The number of rotatable bonds is 6. The van der Waals surface area contributed by atoms with Crippen molar-refractivity contribution in [2.24, 2.45) is 5.73 Å². The van der Waals surface area contributed by atoms with Crippen LogP contribution in [0, 0.1) is 0 Å². The summed E-state index contributed by atoms with van der Waals surface area (Å²) in [6.07, 6.45) is 1.13. The van der Waals surface area contributed by atoms with Crippen LogP contribution in [0.25, 0.3) is 0 Å². The lowest BCUT2D eigenvalue weighted by Crippen LogP contribution is -2.22. The lowest BCUT2D eigenvalue weighted by Gasteiger charge is -2.10. The quantitative estimate of drug-likeness (QED) is 0.886. The first-order valence-electron chi connectivity index (χ1n) is 6.58. The fraction of sp³-hybridized carbons (Fsp3) is 0.429. The molecule has 5 nitrogen and oxygen atoms in total. The summed E-state index contributed by atoms with van der Waals surface area (Å²) in [4.78, 5) is 4.30. The minimum atomic E-state index is -0.340. The molecular weight excluding hydrogens is 278 g/mol. The summed E-state index contributed by atoms with van der Waals surface area (Å²) >= 11 is 5.91. The molecule has 1 aromatic carbocycles. The van der Waals surface area contributed by atoms with E-state index in [2.05, 4.69) is 10.1 Å². The van der Waals surface area contributed by atoms with Gasteiger partial charge in [0.1, 0.15) is 5.75 Å². The van der Waals surface area contributed by atoms with Gasteiger partial charge in [-0.3, -0.25) is 0 Å². The fourth-order valence-corrected chi connectivity index (χ4v) is 1.87. The number of halogens is 1. The van der Waals surface area contributed by atoms with Gasteiger partial charge in [-0.1, -0.05) is 29.7 Å². The van der Waals surface area contributed by atoms with Gasteiger partial charge in [0.25, 0.3) is 5.89 Å². The van der Waals surface area contributed by atoms with Crippen LogP contribution in [0.4, 0.5) is 0 Å². The van der Waals surface area contributed by atoms with Gasteiger partial charge in [0.05, 0.1) is 0 Å². The van der Waals surface area contributed by atoms with E-state index in [0.29, 0.717) is 28.9 Å². The Hall–Kier alpha value is -1.59. The molecule has 108 valence electrons. The maximum absolute atomic E-state index is 5.91. The third-order valence-corrected chi connectivity index (χ3v) is 3.14. The Bertz CT molecular complexity index is 559. The summed E-state index contributed by atoms with van der Waals surface area (Å²) < 4.78 is 10.9. The average Bonchev–Trinajstić information content (AvgIpc) is 2.87. The van der Waals surface area contributed by atoms with E-state index in [1.807, 2.05) is 26.0 Å². The van der Waals surface area contributed by atoms with Crippen LogP contribution in [0.3, 0.4) is 0 Å². The van der Waals surface area contributed by atoms with Crippen molar-refractivity contribution < 1.29 is 9.26 Å². The molecule has 1 aromatic heterocycles. The highest BCUT2D eigenvalue weighted by atomic mass is 35.5. The Morgan fingerprint density at radius 1 is 1.45 bits per heavy atom. The number of hydrogen-bond acceptors (Lipinski definition) is 5. The van der Waals surface area contributed by atoms with E-state index < -0.39 is 0 Å². The number of benzene rings is 1. The van der Waals surface area contributed by atoms with E-state index in [0.717, 1.165) is 6.42 Å². The van der Waals surface area contributed by atoms with Gasteiger partial charge >= 0.3 is 0 Å². The molecule has 20 heavy (non-hydrogen) atoms. The first-order chi connectivity index (χ1) is 9.58. The molecule has 0 radical (unpaired) electrons. The molecule has 2 aromatic rings. The maximum atomic E-state index is 5.91. The van der Waals surface area contributed by atoms with Crippen LogP contribution in [-0.4, -0.2) is 16.2 Å². The first-order valence-corrected chi connectivity index (χ1v) is 6.96. The molecular formula is C14H18ClN3O2. The lowest BCUT2D eigenvalue weighted by molar-refractivity contribution is 0.175. The van der Waals surface area contributed by atoms with E-state index in [9.17, 15) is 0 Å². The largest absolute Gasteiger partial charge is 0.481 e. The topological polar surface area (TPSA) is 74.2 Å². The normalized spacial score (nSPS) is 14.0. The van der Waals surface area contributed by atoms with Gasteiger partial charge in [-0.2, -0.15) is 4.98 Å². The smallest absolute Gasteiger partial charge is 0.267 e.